The second kappa shape index (κ2) is 12.2. The summed E-state index contributed by atoms with van der Waals surface area (Å²) < 4.78 is 6.48. The van der Waals surface area contributed by atoms with E-state index in [2.05, 4.69) is 206 Å². The van der Waals surface area contributed by atoms with Gasteiger partial charge in [0.15, 0.2) is 11.5 Å². The number of hydrogen-bond donors (Lipinski definition) is 0. The molecule has 286 valence electrons. The maximum atomic E-state index is 6.48. The molecule has 1 atom stereocenters. The minimum Gasteiger partial charge on any atom is -0.453 e. The van der Waals surface area contributed by atoms with E-state index in [-0.39, 0.29) is 5.41 Å². The third-order valence-electron chi connectivity index (χ3n) is 14.2. The number of fused-ring (bicyclic) bond motifs is 14. The molecule has 0 aromatic heterocycles. The number of rotatable bonds is 4. The number of hydrogen-bond acceptors (Lipinski definition) is 3. The molecule has 0 unspecified atom stereocenters. The fraction of sp³-hybridized carbons (Fsp3) is 0.123. The molecule has 3 heteroatoms. The molecule has 0 fully saturated rings. The van der Waals surface area contributed by atoms with Gasteiger partial charge in [-0.2, -0.15) is 0 Å². The Kier molecular flexibility index (Phi) is 6.89. The smallest absolute Gasteiger partial charge is 0.151 e. The molecular weight excluding hydrogens is 729 g/mol. The first-order valence-electron chi connectivity index (χ1n) is 21.4. The zero-order chi connectivity index (χ0) is 39.7. The molecule has 6 aliphatic rings. The molecule has 7 aromatic carbocycles. The fourth-order valence-corrected chi connectivity index (χ4v) is 11.7. The average Bonchev–Trinajstić information content (AvgIpc) is 4.05. The van der Waals surface area contributed by atoms with Crippen molar-refractivity contribution < 1.29 is 4.74 Å². The van der Waals surface area contributed by atoms with E-state index in [1.54, 1.807) is 0 Å². The minimum absolute atomic E-state index is 0.0954. The molecule has 1 spiro atoms. The van der Waals surface area contributed by atoms with Crippen molar-refractivity contribution in [2.24, 2.45) is 0 Å². The van der Waals surface area contributed by atoms with Crippen molar-refractivity contribution in [2.75, 3.05) is 9.80 Å². The van der Waals surface area contributed by atoms with Crippen molar-refractivity contribution in [3.63, 3.8) is 0 Å². The Morgan fingerprint density at radius 1 is 0.567 bits per heavy atom. The lowest BCUT2D eigenvalue weighted by Crippen LogP contribution is -2.29. The predicted octanol–water partition coefficient (Wildman–Crippen LogP) is 14.7. The van der Waals surface area contributed by atoms with Gasteiger partial charge >= 0.3 is 0 Å². The van der Waals surface area contributed by atoms with Gasteiger partial charge in [-0.05, 0) is 129 Å². The van der Waals surface area contributed by atoms with Gasteiger partial charge in [0.2, 0.25) is 0 Å². The first-order valence-corrected chi connectivity index (χ1v) is 21.4. The van der Waals surface area contributed by atoms with Gasteiger partial charge in [-0.15, -0.1) is 0 Å². The third kappa shape index (κ3) is 4.34. The van der Waals surface area contributed by atoms with Gasteiger partial charge in [-0.25, -0.2) is 0 Å². The summed E-state index contributed by atoms with van der Waals surface area (Å²) in [5, 5.41) is 0. The summed E-state index contributed by atoms with van der Waals surface area (Å²) in [5.41, 5.74) is 22.9. The second-order valence-electron chi connectivity index (χ2n) is 17.5. The molecule has 0 bridgehead atoms. The Balaban J connectivity index is 1.04. The van der Waals surface area contributed by atoms with Crippen LogP contribution >= 0.6 is 0 Å². The maximum absolute atomic E-state index is 6.48. The Hall–Kier alpha value is -7.10. The highest BCUT2D eigenvalue weighted by Gasteiger charge is 2.54. The third-order valence-corrected chi connectivity index (χ3v) is 14.2. The number of nitrogens with zero attached hydrogens (tertiary/aromatic N) is 2. The monoisotopic (exact) mass is 770 g/mol. The zero-order valence-corrected chi connectivity index (χ0v) is 33.7. The fourth-order valence-electron chi connectivity index (χ4n) is 11.7. The van der Waals surface area contributed by atoms with E-state index in [0.717, 1.165) is 47.8 Å². The summed E-state index contributed by atoms with van der Waals surface area (Å²) in [6, 6.07) is 58.7. The summed E-state index contributed by atoms with van der Waals surface area (Å²) >= 11 is 0. The number of anilines is 4. The molecule has 5 aliphatic carbocycles. The molecular formula is C57H42N2O. The molecule has 60 heavy (non-hydrogen) atoms. The van der Waals surface area contributed by atoms with Crippen LogP contribution in [0.5, 0.6) is 11.5 Å². The van der Waals surface area contributed by atoms with E-state index in [0.29, 0.717) is 0 Å². The Bertz CT molecular complexity index is 3110. The molecule has 0 amide bonds. The minimum atomic E-state index is -0.450. The van der Waals surface area contributed by atoms with Crippen LogP contribution in [0.1, 0.15) is 66.5 Å². The van der Waals surface area contributed by atoms with Crippen LogP contribution in [0, 0.1) is 0 Å². The summed E-state index contributed by atoms with van der Waals surface area (Å²) in [5.74, 6) is 1.73. The van der Waals surface area contributed by atoms with Crippen LogP contribution in [-0.2, 0) is 10.8 Å². The van der Waals surface area contributed by atoms with Crippen molar-refractivity contribution in [2.45, 2.75) is 43.9 Å². The second-order valence-corrected chi connectivity index (χ2v) is 17.5. The molecule has 0 N–H and O–H groups in total. The van der Waals surface area contributed by atoms with Gasteiger partial charge < -0.3 is 14.5 Å². The molecule has 0 saturated heterocycles. The first-order chi connectivity index (χ1) is 29.5. The highest BCUT2D eigenvalue weighted by atomic mass is 16.5. The van der Waals surface area contributed by atoms with E-state index in [9.17, 15) is 0 Å². The van der Waals surface area contributed by atoms with Crippen LogP contribution in [0.25, 0.3) is 27.8 Å². The Morgan fingerprint density at radius 3 is 1.90 bits per heavy atom. The van der Waals surface area contributed by atoms with Gasteiger partial charge in [-0.3, -0.25) is 0 Å². The lowest BCUT2D eigenvalue weighted by molar-refractivity contribution is 0.477. The number of ether oxygens (including phenoxy) is 1. The normalized spacial score (nSPS) is 19.0. The lowest BCUT2D eigenvalue weighted by atomic mass is 9.68. The topological polar surface area (TPSA) is 15.7 Å². The highest BCUT2D eigenvalue weighted by Crippen LogP contribution is 2.66. The summed E-state index contributed by atoms with van der Waals surface area (Å²) in [4.78, 5) is 4.99. The number of benzene rings is 7. The molecule has 1 aliphatic heterocycles. The van der Waals surface area contributed by atoms with Crippen molar-refractivity contribution in [3.05, 3.63) is 232 Å². The Labute approximate surface area is 351 Å². The predicted molar refractivity (Wildman–Crippen MR) is 246 cm³/mol. The van der Waals surface area contributed by atoms with E-state index >= 15 is 0 Å². The van der Waals surface area contributed by atoms with Crippen LogP contribution in [0.15, 0.2) is 199 Å². The summed E-state index contributed by atoms with van der Waals surface area (Å²) in [6.07, 6.45) is 12.2. The average molecular weight is 771 g/mol. The van der Waals surface area contributed by atoms with Gasteiger partial charge in [0.25, 0.3) is 0 Å². The van der Waals surface area contributed by atoms with Crippen LogP contribution in [0.3, 0.4) is 0 Å². The largest absolute Gasteiger partial charge is 0.453 e. The van der Waals surface area contributed by atoms with Crippen LogP contribution in [0.2, 0.25) is 0 Å². The van der Waals surface area contributed by atoms with Gasteiger partial charge in [0.1, 0.15) is 0 Å². The van der Waals surface area contributed by atoms with Crippen LogP contribution < -0.4 is 14.5 Å². The van der Waals surface area contributed by atoms with Crippen LogP contribution in [0.4, 0.5) is 22.7 Å². The molecule has 1 heterocycles. The number of para-hydroxylation sites is 4. The standard InChI is InChI=1S/C57H42N2O/c1-56(2)44-21-8-5-18-39(44)41-32-30-37(34-48(41)56)58(36-16-3-4-17-36)52-27-15-24-47-55(52)43-20-7-10-23-46(43)57(47)45-22-9-6-19-40(45)42-33-31-38(35-49(42)57)59-50-25-11-13-28-53(50)60-54-29-14-12-26-51(54)59/h3-14,16,18-23,25-35H,15,17,24H2,1-2H3/t57-/m1/s1. The van der Waals surface area contributed by atoms with Gasteiger partial charge in [-0.1, -0.05) is 141 Å². The summed E-state index contributed by atoms with van der Waals surface area (Å²) in [6.45, 7) is 4.77. The van der Waals surface area contributed by atoms with E-state index in [4.69, 9.17) is 4.74 Å². The quantitative estimate of drug-likeness (QED) is 0.177. The highest BCUT2D eigenvalue weighted by molar-refractivity contribution is 6.02. The van der Waals surface area contributed by atoms with Crippen molar-refractivity contribution in [1.29, 1.82) is 0 Å². The van der Waals surface area contributed by atoms with Crippen molar-refractivity contribution in [1.82, 2.24) is 0 Å². The Morgan fingerprint density at radius 2 is 1.17 bits per heavy atom. The molecule has 13 rings (SSSR count). The first kappa shape index (κ1) is 33.8. The van der Waals surface area contributed by atoms with Gasteiger partial charge in [0.05, 0.1) is 16.8 Å². The van der Waals surface area contributed by atoms with E-state index in [1.165, 1.54) is 83.9 Å². The zero-order valence-electron chi connectivity index (χ0n) is 33.7. The van der Waals surface area contributed by atoms with Crippen molar-refractivity contribution >= 4 is 28.3 Å². The SMILES string of the molecule is CC1(C)c2ccccc2-c2ccc(N(C3=CC=CC3)C3=CCCC4=C3c3ccccc3[C@]43c4ccccc4-c4ccc(N5c6ccccc6Oc6ccccc65)cc43)cc21. The lowest BCUT2D eigenvalue weighted by Gasteiger charge is -2.37. The van der Waals surface area contributed by atoms with Gasteiger partial charge in [0, 0.05) is 40.2 Å². The van der Waals surface area contributed by atoms with Crippen LogP contribution in [-0.4, -0.2) is 0 Å². The molecule has 0 saturated carbocycles. The molecule has 3 nitrogen and oxygen atoms in total. The maximum Gasteiger partial charge on any atom is 0.151 e. The van der Waals surface area contributed by atoms with E-state index in [1.807, 2.05) is 0 Å². The van der Waals surface area contributed by atoms with Crippen molar-refractivity contribution in [3.8, 4) is 33.8 Å². The molecule has 7 aromatic rings. The molecule has 0 radical (unpaired) electrons. The summed E-state index contributed by atoms with van der Waals surface area (Å²) in [7, 11) is 0. The van der Waals surface area contributed by atoms with E-state index < -0.39 is 5.41 Å². The number of allylic oxidation sites excluding steroid dienone is 6.